The van der Waals surface area contributed by atoms with Gasteiger partial charge in [-0.2, -0.15) is 0 Å². The van der Waals surface area contributed by atoms with Crippen molar-refractivity contribution in [3.63, 3.8) is 0 Å². The Labute approximate surface area is 303 Å². The zero-order valence-electron chi connectivity index (χ0n) is 30.8. The average molecular weight is 701 g/mol. The van der Waals surface area contributed by atoms with E-state index in [0.29, 0.717) is 75.8 Å². The largest absolute Gasteiger partial charge is 0.508 e. The van der Waals surface area contributed by atoms with Gasteiger partial charge in [-0.1, -0.05) is 69.3 Å². The summed E-state index contributed by atoms with van der Waals surface area (Å²) in [7, 11) is 2.15. The second-order valence-electron chi connectivity index (χ2n) is 15.2. The molecule has 2 heterocycles. The van der Waals surface area contributed by atoms with Crippen molar-refractivity contribution in [1.29, 1.82) is 0 Å². The number of phenols is 2. The molecule has 0 aliphatic carbocycles. The molecule has 276 valence electrons. The fraction of sp³-hybridized carbons (Fsp3) is 0.512. The van der Waals surface area contributed by atoms with Crippen molar-refractivity contribution in [3.8, 4) is 17.2 Å². The van der Waals surface area contributed by atoms with Gasteiger partial charge in [0.15, 0.2) is 12.4 Å². The number of benzene rings is 3. The van der Waals surface area contributed by atoms with Crippen LogP contribution >= 0.6 is 0 Å². The Morgan fingerprint density at radius 1 is 0.980 bits per heavy atom. The number of carbonyl (C=O) groups excluding carboxylic acids is 2. The van der Waals surface area contributed by atoms with Crippen LogP contribution in [0.15, 0.2) is 60.7 Å². The third-order valence-electron chi connectivity index (χ3n) is 10.2. The van der Waals surface area contributed by atoms with Crippen molar-refractivity contribution in [1.82, 2.24) is 15.1 Å². The highest BCUT2D eigenvalue weighted by Gasteiger charge is 2.39. The van der Waals surface area contributed by atoms with E-state index in [9.17, 15) is 19.8 Å². The molecule has 0 saturated carbocycles. The maximum absolute atomic E-state index is 13.4. The van der Waals surface area contributed by atoms with Crippen molar-refractivity contribution in [2.75, 3.05) is 71.5 Å². The van der Waals surface area contributed by atoms with E-state index in [0.717, 1.165) is 49.0 Å². The number of phenolic OH excluding ortho intramolecular Hbond substituents is 2. The minimum atomic E-state index is -0.287. The van der Waals surface area contributed by atoms with E-state index in [1.807, 2.05) is 29.2 Å². The highest BCUT2D eigenvalue weighted by Crippen LogP contribution is 2.45. The fourth-order valence-electron chi connectivity index (χ4n) is 7.01. The van der Waals surface area contributed by atoms with Crippen LogP contribution in [0.1, 0.15) is 68.7 Å². The predicted octanol–water partition coefficient (Wildman–Crippen LogP) is 5.49. The van der Waals surface area contributed by atoms with Crippen LogP contribution < -0.4 is 15.4 Å². The van der Waals surface area contributed by atoms with Crippen LogP contribution in [0.2, 0.25) is 0 Å². The maximum atomic E-state index is 13.4. The molecule has 0 unspecified atom stereocenters. The van der Waals surface area contributed by atoms with Gasteiger partial charge in [0.1, 0.15) is 17.2 Å². The molecule has 0 bridgehead atoms. The Morgan fingerprint density at radius 2 is 1.73 bits per heavy atom. The summed E-state index contributed by atoms with van der Waals surface area (Å²) in [5.74, 6) is 0.631. The van der Waals surface area contributed by atoms with Gasteiger partial charge in [0.05, 0.1) is 19.6 Å². The molecule has 0 spiro atoms. The van der Waals surface area contributed by atoms with E-state index < -0.39 is 0 Å². The topological polar surface area (TPSA) is 124 Å². The Morgan fingerprint density at radius 3 is 2.47 bits per heavy atom. The lowest BCUT2D eigenvalue weighted by Gasteiger charge is -2.42. The first-order valence-corrected chi connectivity index (χ1v) is 18.4. The lowest BCUT2D eigenvalue weighted by molar-refractivity contribution is -0.132. The monoisotopic (exact) mass is 700 g/mol. The fourth-order valence-corrected chi connectivity index (χ4v) is 7.01. The molecule has 2 aliphatic heterocycles. The lowest BCUT2D eigenvalue weighted by atomic mass is 9.67. The Balaban J connectivity index is 1.10. The van der Waals surface area contributed by atoms with Gasteiger partial charge in [-0.3, -0.25) is 9.59 Å². The summed E-state index contributed by atoms with van der Waals surface area (Å²) in [4.78, 5) is 29.3. The molecule has 0 aromatic heterocycles. The van der Waals surface area contributed by atoms with Gasteiger partial charge in [0, 0.05) is 30.6 Å². The molecule has 3 aromatic rings. The molecule has 3 aromatic carbocycles. The third kappa shape index (κ3) is 10.2. The van der Waals surface area contributed by atoms with Gasteiger partial charge >= 0.3 is 0 Å². The number of aromatic hydroxyl groups is 2. The summed E-state index contributed by atoms with van der Waals surface area (Å²) in [5.41, 5.74) is 4.44. The van der Waals surface area contributed by atoms with Gasteiger partial charge in [-0.25, -0.2) is 0 Å². The number of nitrogens with one attached hydrogen (secondary N) is 2. The Bertz CT molecular complexity index is 1610. The standard InChI is InChI=1S/C41H56N4O6/c1-40(2,3)17-24-45(25-21-42-20-14-31-11-13-35(47)38-39(31)51-29-36(48)43-38)37(49)16-27-50-26-15-30-10-12-34(46)33(28-30)41(18-22-44(4)23-19-41)32-8-6-5-7-9-32/h5-13,28,42,46-47H,14-27,29H2,1-4H3,(H,43,48). The maximum Gasteiger partial charge on any atom is 0.262 e. The number of fused-ring (bicyclic) bond motifs is 1. The predicted molar refractivity (Wildman–Crippen MR) is 201 cm³/mol. The first kappa shape index (κ1) is 38.1. The normalized spacial score (nSPS) is 15.9. The van der Waals surface area contributed by atoms with Crippen LogP contribution in [0.3, 0.4) is 0 Å². The number of rotatable bonds is 16. The molecule has 2 amide bonds. The molecule has 0 radical (unpaired) electrons. The molecule has 51 heavy (non-hydrogen) atoms. The number of carbonyl (C=O) groups is 2. The molecule has 10 nitrogen and oxygen atoms in total. The molecule has 10 heteroatoms. The van der Waals surface area contributed by atoms with Crippen LogP contribution in [-0.4, -0.2) is 98.0 Å². The van der Waals surface area contributed by atoms with Gasteiger partial charge in [-0.05, 0) is 93.0 Å². The van der Waals surface area contributed by atoms with Crippen molar-refractivity contribution in [3.05, 3.63) is 82.9 Å². The number of hydrogen-bond acceptors (Lipinski definition) is 8. The third-order valence-corrected chi connectivity index (χ3v) is 10.2. The summed E-state index contributed by atoms with van der Waals surface area (Å²) in [6.45, 7) is 11.8. The van der Waals surface area contributed by atoms with Crippen LogP contribution in [0.25, 0.3) is 0 Å². The first-order valence-electron chi connectivity index (χ1n) is 18.4. The van der Waals surface area contributed by atoms with Gasteiger partial charge in [-0.15, -0.1) is 0 Å². The molecule has 1 saturated heterocycles. The van der Waals surface area contributed by atoms with Crippen molar-refractivity contribution in [2.45, 2.75) is 64.7 Å². The molecular weight excluding hydrogens is 644 g/mol. The van der Waals surface area contributed by atoms with E-state index in [1.54, 1.807) is 6.07 Å². The van der Waals surface area contributed by atoms with Crippen LogP contribution in [0.4, 0.5) is 5.69 Å². The number of anilines is 1. The van der Waals surface area contributed by atoms with Gasteiger partial charge in [0.25, 0.3) is 5.91 Å². The highest BCUT2D eigenvalue weighted by atomic mass is 16.5. The van der Waals surface area contributed by atoms with E-state index in [1.165, 1.54) is 5.56 Å². The number of amides is 2. The van der Waals surface area contributed by atoms with Gasteiger partial charge in [0.2, 0.25) is 5.91 Å². The zero-order valence-corrected chi connectivity index (χ0v) is 30.8. The smallest absolute Gasteiger partial charge is 0.262 e. The number of ether oxygens (including phenoxy) is 2. The van der Waals surface area contributed by atoms with Crippen LogP contribution in [0, 0.1) is 5.41 Å². The number of hydrogen-bond donors (Lipinski definition) is 4. The van der Waals surface area contributed by atoms with Gasteiger partial charge < -0.3 is 40.1 Å². The van der Waals surface area contributed by atoms with E-state index >= 15 is 0 Å². The van der Waals surface area contributed by atoms with Crippen molar-refractivity contribution >= 4 is 17.5 Å². The minimum absolute atomic E-state index is 0.0130. The first-order chi connectivity index (χ1) is 24.4. The molecule has 4 N–H and O–H groups in total. The SMILES string of the molecule is CN1CCC(c2ccccc2)(c2cc(CCOCCC(=O)N(CCNCCc3ccc(O)c4c3OCC(=O)N4)CCC(C)(C)C)ccc2O)CC1. The Kier molecular flexibility index (Phi) is 13.0. The summed E-state index contributed by atoms with van der Waals surface area (Å²) in [5, 5.41) is 27.3. The highest BCUT2D eigenvalue weighted by molar-refractivity contribution is 5.97. The average Bonchev–Trinajstić information content (AvgIpc) is 3.11. The molecule has 2 aliphatic rings. The summed E-state index contributed by atoms with van der Waals surface area (Å²) >= 11 is 0. The molecule has 0 atom stereocenters. The molecule has 1 fully saturated rings. The molecule has 5 rings (SSSR count). The summed E-state index contributed by atoms with van der Waals surface area (Å²) in [6.07, 6.45) is 4.45. The quantitative estimate of drug-likeness (QED) is 0.114. The summed E-state index contributed by atoms with van der Waals surface area (Å²) in [6, 6.07) is 19.9. The summed E-state index contributed by atoms with van der Waals surface area (Å²) < 4.78 is 11.6. The van der Waals surface area contributed by atoms with E-state index in [2.05, 4.69) is 73.7 Å². The van der Waals surface area contributed by atoms with Crippen LogP contribution in [-0.2, 0) is 32.6 Å². The zero-order chi connectivity index (χ0) is 36.4. The number of piperidine rings is 1. The second kappa shape index (κ2) is 17.4. The van der Waals surface area contributed by atoms with E-state index in [4.69, 9.17) is 9.47 Å². The molecular formula is C41H56N4O6. The number of likely N-dealkylation sites (tertiary alicyclic amines) is 1. The minimum Gasteiger partial charge on any atom is -0.508 e. The van der Waals surface area contributed by atoms with Crippen molar-refractivity contribution < 1.29 is 29.3 Å². The van der Waals surface area contributed by atoms with E-state index in [-0.39, 0.29) is 35.0 Å². The van der Waals surface area contributed by atoms with Crippen LogP contribution in [0.5, 0.6) is 17.2 Å². The second-order valence-corrected chi connectivity index (χ2v) is 15.2. The number of nitrogens with zero attached hydrogens (tertiary/aromatic N) is 2. The lowest BCUT2D eigenvalue weighted by Crippen LogP contribution is -2.41. The Hall–Kier alpha value is -4.12. The van der Waals surface area contributed by atoms with Crippen molar-refractivity contribution in [2.24, 2.45) is 5.41 Å².